The lowest BCUT2D eigenvalue weighted by Gasteiger charge is -2.25. The standard InChI is InChI=1S/C48H63N15O30P4/c1-20-12-61(47(71)57-41(20)66)37-10-25(92-94(73,74)81-15-28-22(65)7-34(86-28)63-19-52-39-40(63)55-44(51)56-43(39)68)30(88-37)17-84-97(79,80)93-26-11-38(62-13-21(2)42(67)58-48(62)72)89-31(26)18-83-96(77,78)91-24-9-36(60-6-4-33(50)54-46(60)70)87-29(24)16-82-95(75,76)90-23-8-35(85-27(23)14-64)59-5-3-32(49)53-45(59)69/h3-6,12-13,19,22-31,34-38,64-65H,7-11,14-18H2,1-2H3,(H,73,74)(H,75,76)(H,77,78)(H,79,80)(H2,49,53,69)(H2,50,54,70)(H,57,66,71)(H,58,67,72)(H3,51,55,56,68)/t22-,23-,24-,25-,26-,27+,28+,29+,30+,31+,34+,35+,36+,37+,38+/m0/s1. The number of aryl methyl sites for hydroxylation is 2. The van der Waals surface area contributed by atoms with Gasteiger partial charge in [-0.1, -0.05) is 0 Å². The highest BCUT2D eigenvalue weighted by atomic mass is 31.2. The van der Waals surface area contributed by atoms with Crippen LogP contribution in [0.15, 0.2) is 76.8 Å². The molecule has 19 atom stereocenters. The number of anilines is 3. The fraction of sp³-hybridized carbons (Fsp3) is 0.562. The number of nitrogens with one attached hydrogen (secondary N) is 3. The lowest BCUT2D eigenvalue weighted by molar-refractivity contribution is -0.0649. The summed E-state index contributed by atoms with van der Waals surface area (Å²) in [5.41, 5.74) is 10.7. The number of aromatic amines is 3. The summed E-state index contributed by atoms with van der Waals surface area (Å²) in [5.74, 6) is -0.555. The van der Waals surface area contributed by atoms with Gasteiger partial charge in [-0.2, -0.15) is 15.0 Å². The number of hydrogen-bond donors (Lipinski definition) is 12. The minimum Gasteiger partial charge on any atom is -0.394 e. The molecule has 49 heteroatoms. The van der Waals surface area contributed by atoms with Crippen molar-refractivity contribution in [3.05, 3.63) is 127 Å². The number of ether oxygens (including phenoxy) is 5. The van der Waals surface area contributed by atoms with E-state index in [-0.39, 0.29) is 52.7 Å². The Morgan fingerprint density at radius 2 is 0.866 bits per heavy atom. The van der Waals surface area contributed by atoms with E-state index in [1.54, 1.807) is 0 Å². The maximum Gasteiger partial charge on any atom is 0.472 e. The summed E-state index contributed by atoms with van der Waals surface area (Å²) < 4.78 is 133. The van der Waals surface area contributed by atoms with E-state index in [1.807, 2.05) is 0 Å². The summed E-state index contributed by atoms with van der Waals surface area (Å²) in [6, 6.07) is 2.49. The Balaban J connectivity index is 0.773. The number of nitrogens with zero attached hydrogens (tertiary/aromatic N) is 9. The van der Waals surface area contributed by atoms with Gasteiger partial charge in [0.1, 0.15) is 97.7 Å². The molecule has 0 aliphatic carbocycles. The van der Waals surface area contributed by atoms with E-state index in [4.69, 9.17) is 77.1 Å². The molecule has 0 spiro atoms. The molecule has 0 radical (unpaired) electrons. The zero-order valence-corrected chi connectivity index (χ0v) is 53.9. The molecule has 11 rings (SSSR count). The number of nitrogen functional groups attached to an aromatic ring is 3. The van der Waals surface area contributed by atoms with Gasteiger partial charge < -0.3 is 70.7 Å². The molecule has 97 heavy (non-hydrogen) atoms. The van der Waals surface area contributed by atoms with Crippen LogP contribution in [-0.2, 0) is 78.1 Å². The molecule has 6 aromatic rings. The largest absolute Gasteiger partial charge is 0.472 e. The molecule has 0 amide bonds. The summed E-state index contributed by atoms with van der Waals surface area (Å²) in [6.07, 6.45) is -18.5. The molecule has 45 nitrogen and oxygen atoms in total. The fourth-order valence-electron chi connectivity index (χ4n) is 11.1. The molecule has 4 unspecified atom stereocenters. The normalized spacial score (nSPS) is 30.0. The average molecular weight is 1450 g/mol. The second kappa shape index (κ2) is 28.3. The van der Waals surface area contributed by atoms with E-state index in [2.05, 4.69) is 34.9 Å². The average Bonchev–Trinajstić information content (AvgIpc) is 1.66. The van der Waals surface area contributed by atoms with E-state index in [0.29, 0.717) is 0 Å². The fourth-order valence-corrected chi connectivity index (χ4v) is 14.9. The number of nitrogens with two attached hydrogens (primary N) is 3. The van der Waals surface area contributed by atoms with E-state index in [0.717, 1.165) is 36.9 Å². The Morgan fingerprint density at radius 3 is 1.27 bits per heavy atom. The first-order valence-corrected chi connectivity index (χ1v) is 34.9. The summed E-state index contributed by atoms with van der Waals surface area (Å²) in [5, 5.41) is 20.9. The van der Waals surface area contributed by atoms with Crippen LogP contribution in [0.5, 0.6) is 0 Å². The minimum atomic E-state index is -5.56. The molecule has 530 valence electrons. The summed E-state index contributed by atoms with van der Waals surface area (Å²) in [7, 11) is -21.6. The number of rotatable bonds is 26. The molecule has 5 aliphatic heterocycles. The zero-order valence-electron chi connectivity index (χ0n) is 50.3. The highest BCUT2D eigenvalue weighted by Gasteiger charge is 2.50. The molecule has 5 aliphatic rings. The third-order valence-corrected chi connectivity index (χ3v) is 19.8. The van der Waals surface area contributed by atoms with Gasteiger partial charge in [-0.3, -0.25) is 88.4 Å². The van der Waals surface area contributed by atoms with Crippen molar-refractivity contribution in [3.8, 4) is 0 Å². The topological polar surface area (TPSA) is 631 Å². The van der Waals surface area contributed by atoms with Crippen molar-refractivity contribution in [1.29, 1.82) is 0 Å². The predicted octanol–water partition coefficient (Wildman–Crippen LogP) is -3.10. The van der Waals surface area contributed by atoms with Gasteiger partial charge >= 0.3 is 54.0 Å². The van der Waals surface area contributed by atoms with Gasteiger partial charge in [-0.05, 0) is 26.0 Å². The molecule has 5 saturated heterocycles. The molecular weight excluding hydrogens is 1390 g/mol. The van der Waals surface area contributed by atoms with Crippen LogP contribution in [0.2, 0.25) is 0 Å². The van der Waals surface area contributed by atoms with Crippen LogP contribution in [0.3, 0.4) is 0 Å². The van der Waals surface area contributed by atoms with E-state index in [1.165, 1.54) is 43.1 Å². The maximum atomic E-state index is 14.1. The van der Waals surface area contributed by atoms with Crippen LogP contribution in [0.1, 0.15) is 74.4 Å². The maximum absolute atomic E-state index is 14.1. The molecule has 5 fully saturated rings. The van der Waals surface area contributed by atoms with Gasteiger partial charge in [-0.25, -0.2) is 42.4 Å². The van der Waals surface area contributed by atoms with Gasteiger partial charge in [0.2, 0.25) is 5.95 Å². The van der Waals surface area contributed by atoms with Crippen LogP contribution in [0.25, 0.3) is 11.2 Å². The Bertz CT molecular complexity index is 4580. The Morgan fingerprint density at radius 1 is 0.505 bits per heavy atom. The number of aliphatic hydroxyl groups is 2. The Kier molecular flexibility index (Phi) is 20.8. The third kappa shape index (κ3) is 16.5. The van der Waals surface area contributed by atoms with Crippen LogP contribution >= 0.6 is 31.3 Å². The van der Waals surface area contributed by atoms with Gasteiger partial charge in [0, 0.05) is 68.0 Å². The summed E-state index contributed by atoms with van der Waals surface area (Å²) >= 11 is 0. The number of fused-ring (bicyclic) bond motifs is 1. The molecule has 0 aromatic carbocycles. The minimum absolute atomic E-state index is 0.000862. The summed E-state index contributed by atoms with van der Waals surface area (Å²) in [6.45, 7) is -2.10. The lowest BCUT2D eigenvalue weighted by atomic mass is 10.2. The lowest BCUT2D eigenvalue weighted by Crippen LogP contribution is -2.33. The third-order valence-electron chi connectivity index (χ3n) is 15.8. The number of aliphatic hydroxyl groups excluding tert-OH is 2. The molecule has 6 aromatic heterocycles. The SMILES string of the molecule is Cc1cn([C@H]2C[C@H](OP(=O)(O)OC[C@H]3O[C@@H](n4cc(C)c(=O)[nH]c4=O)C[C@@H]3OP(=O)(O)OC[C@H]3O[C@@H](n4cnc5c(=O)[nH]c(N)nc54)C[C@@H]3O)[C@@H](COP(=O)(O)O[C@H]3C[C@H](n4ccc(N)nc4=O)O[C@@H]3COP(=O)(O)O[C@H]3C[C@H](n4ccc(N)nc4=O)O[C@@H]3CO)O2)c(=O)[nH]c1=O. The van der Waals surface area contributed by atoms with Crippen molar-refractivity contribution in [2.45, 2.75) is 138 Å². The first-order chi connectivity index (χ1) is 45.7. The highest BCUT2D eigenvalue weighted by molar-refractivity contribution is 7.48. The zero-order chi connectivity index (χ0) is 69.8. The number of phosphoric acid groups is 4. The molecule has 15 N–H and O–H groups in total. The van der Waals surface area contributed by atoms with Crippen LogP contribution in [-0.4, -0.2) is 182 Å². The van der Waals surface area contributed by atoms with Gasteiger partial charge in [-0.15, -0.1) is 0 Å². The molecule has 11 heterocycles. The molecule has 0 bridgehead atoms. The van der Waals surface area contributed by atoms with Crippen LogP contribution < -0.4 is 56.6 Å². The summed E-state index contributed by atoms with van der Waals surface area (Å²) in [4.78, 5) is 155. The van der Waals surface area contributed by atoms with Crippen molar-refractivity contribution >= 4 is 60.0 Å². The van der Waals surface area contributed by atoms with Crippen LogP contribution in [0, 0.1) is 13.8 Å². The first kappa shape index (κ1) is 71.3. The first-order valence-electron chi connectivity index (χ1n) is 28.9. The van der Waals surface area contributed by atoms with Crippen molar-refractivity contribution in [3.63, 3.8) is 0 Å². The Labute approximate surface area is 539 Å². The number of imidazole rings is 1. The second-order valence-electron chi connectivity index (χ2n) is 22.5. The number of aromatic nitrogens is 12. The van der Waals surface area contributed by atoms with E-state index in [9.17, 15) is 81.6 Å². The number of hydrogen-bond acceptors (Lipinski definition) is 33. The van der Waals surface area contributed by atoms with Crippen LogP contribution in [0.4, 0.5) is 17.6 Å². The van der Waals surface area contributed by atoms with E-state index >= 15 is 0 Å². The molecule has 0 saturated carbocycles. The smallest absolute Gasteiger partial charge is 0.394 e. The van der Waals surface area contributed by atoms with Gasteiger partial charge in [0.25, 0.3) is 16.7 Å². The Hall–Kier alpha value is -6.97. The molecular formula is C48H63N15O30P4. The number of phosphoric ester groups is 4. The van der Waals surface area contributed by atoms with Gasteiger partial charge in [0.15, 0.2) is 11.2 Å². The number of H-pyrrole nitrogens is 3. The van der Waals surface area contributed by atoms with Crippen molar-refractivity contribution < 1.29 is 108 Å². The van der Waals surface area contributed by atoms with Crippen molar-refractivity contribution in [1.82, 2.24) is 57.7 Å². The monoisotopic (exact) mass is 1450 g/mol. The van der Waals surface area contributed by atoms with Crippen molar-refractivity contribution in [2.75, 3.05) is 50.2 Å². The second-order valence-corrected chi connectivity index (χ2v) is 28.1. The highest BCUT2D eigenvalue weighted by Crippen LogP contribution is 2.55. The van der Waals surface area contributed by atoms with Gasteiger partial charge in [0.05, 0.1) is 45.5 Å². The van der Waals surface area contributed by atoms with Crippen molar-refractivity contribution in [2.24, 2.45) is 0 Å². The predicted molar refractivity (Wildman–Crippen MR) is 319 cm³/mol. The quantitative estimate of drug-likeness (QED) is 0.0239. The van der Waals surface area contributed by atoms with E-state index < -0.39 is 215 Å².